The summed E-state index contributed by atoms with van der Waals surface area (Å²) in [6, 6.07) is 31.4. The number of aryl methyl sites for hydroxylation is 4. The summed E-state index contributed by atoms with van der Waals surface area (Å²) >= 11 is 0. The molecule has 0 bridgehead atoms. The number of hydrogen-bond acceptors (Lipinski definition) is 4. The van der Waals surface area contributed by atoms with Gasteiger partial charge in [0.2, 0.25) is 0 Å². The Morgan fingerprint density at radius 1 is 0.370 bits per heavy atom. The molecule has 9 aromatic rings. The van der Waals surface area contributed by atoms with Crippen LogP contribution in [-0.4, -0.2) is 9.13 Å². The second kappa shape index (κ2) is 11.8. The minimum Gasteiger partial charge on any atom is -0.268 e. The standard InChI is InChI=1S/C48H34N2O4/c1-7-29-13-25(3)43(26(4)14-29)49-45(51)39-21-35-17-31-9-11-33-19-37-23-41-42(48(54)50(47(41)53)44-27(5)15-30(8-2)16-28(44)6)24-38(37)20-34(33)12-10-32(31)18-36(35)22-40(39)46(49)52/h7-24H,1-2H2,3-6H3. The molecule has 0 atom stereocenters. The van der Waals surface area contributed by atoms with Gasteiger partial charge in [0.1, 0.15) is 0 Å². The van der Waals surface area contributed by atoms with Gasteiger partial charge in [0.15, 0.2) is 0 Å². The summed E-state index contributed by atoms with van der Waals surface area (Å²) in [6.45, 7) is 15.3. The van der Waals surface area contributed by atoms with E-state index >= 15 is 0 Å². The summed E-state index contributed by atoms with van der Waals surface area (Å²) in [7, 11) is 0. The number of aromatic nitrogens is 2. The first kappa shape index (κ1) is 33.0. The van der Waals surface area contributed by atoms with Crippen molar-refractivity contribution in [1.29, 1.82) is 0 Å². The van der Waals surface area contributed by atoms with Gasteiger partial charge in [-0.25, -0.2) is 9.13 Å². The molecule has 0 spiro atoms. The highest BCUT2D eigenvalue weighted by Crippen LogP contribution is 2.30. The quantitative estimate of drug-likeness (QED) is 0.183. The third-order valence-electron chi connectivity index (χ3n) is 10.9. The van der Waals surface area contributed by atoms with Gasteiger partial charge in [0, 0.05) is 0 Å². The van der Waals surface area contributed by atoms with E-state index in [0.29, 0.717) is 32.9 Å². The van der Waals surface area contributed by atoms with E-state index in [9.17, 15) is 19.2 Å². The molecule has 0 amide bonds. The fraction of sp³-hybridized carbons (Fsp3) is 0.0833. The van der Waals surface area contributed by atoms with Gasteiger partial charge >= 0.3 is 0 Å². The summed E-state index contributed by atoms with van der Waals surface area (Å²) in [4.78, 5) is 55.2. The Hall–Kier alpha value is -6.92. The Labute approximate surface area is 309 Å². The van der Waals surface area contributed by atoms with Crippen LogP contribution in [0.15, 0.2) is 129 Å². The highest BCUT2D eigenvalue weighted by molar-refractivity contribution is 6.07. The second-order valence-corrected chi connectivity index (χ2v) is 14.4. The molecule has 0 aliphatic carbocycles. The molecular weight excluding hydrogens is 669 g/mol. The van der Waals surface area contributed by atoms with Crippen molar-refractivity contribution in [2.75, 3.05) is 0 Å². The first-order valence-electron chi connectivity index (χ1n) is 17.8. The van der Waals surface area contributed by atoms with Gasteiger partial charge in [-0.1, -0.05) is 49.6 Å². The number of rotatable bonds is 4. The molecule has 0 N–H and O–H groups in total. The molecule has 0 aliphatic heterocycles. The first-order chi connectivity index (χ1) is 25.9. The number of fused-ring (bicyclic) bond motifs is 6. The largest absolute Gasteiger partial charge is 0.268 e. The van der Waals surface area contributed by atoms with Crippen molar-refractivity contribution in [3.05, 3.63) is 185 Å². The molecule has 54 heavy (non-hydrogen) atoms. The molecular formula is C48H34N2O4. The van der Waals surface area contributed by atoms with E-state index in [1.54, 1.807) is 12.2 Å². The van der Waals surface area contributed by atoms with Gasteiger partial charge in [-0.3, -0.25) is 19.2 Å². The van der Waals surface area contributed by atoms with E-state index in [2.05, 4.69) is 13.2 Å². The van der Waals surface area contributed by atoms with Gasteiger partial charge in [-0.2, -0.15) is 0 Å². The molecule has 0 saturated heterocycles. The maximum atomic E-state index is 13.8. The van der Waals surface area contributed by atoms with Crippen LogP contribution >= 0.6 is 0 Å². The van der Waals surface area contributed by atoms with Crippen LogP contribution in [0.1, 0.15) is 33.4 Å². The molecule has 2 aromatic heterocycles. The molecule has 6 nitrogen and oxygen atoms in total. The molecule has 0 saturated carbocycles. The zero-order valence-corrected chi connectivity index (χ0v) is 30.3. The third-order valence-corrected chi connectivity index (χ3v) is 10.9. The second-order valence-electron chi connectivity index (χ2n) is 14.4. The van der Waals surface area contributed by atoms with E-state index in [1.165, 1.54) is 9.13 Å². The van der Waals surface area contributed by atoms with E-state index in [-0.39, 0.29) is 22.2 Å². The molecule has 260 valence electrons. The summed E-state index contributed by atoms with van der Waals surface area (Å²) in [6.07, 6.45) is 3.51. The number of benzene rings is 6. The van der Waals surface area contributed by atoms with E-state index in [1.807, 2.05) is 125 Å². The maximum Gasteiger partial charge on any atom is 0.266 e. The van der Waals surface area contributed by atoms with Crippen molar-refractivity contribution in [1.82, 2.24) is 9.13 Å². The van der Waals surface area contributed by atoms with Crippen LogP contribution in [0.4, 0.5) is 0 Å². The Balaban J connectivity index is 1.21. The minimum absolute atomic E-state index is 0.330. The van der Waals surface area contributed by atoms with Crippen LogP contribution in [-0.2, 0) is 0 Å². The van der Waals surface area contributed by atoms with Crippen molar-refractivity contribution in [3.63, 3.8) is 0 Å². The van der Waals surface area contributed by atoms with Crippen LogP contribution < -0.4 is 22.2 Å². The molecule has 6 heteroatoms. The van der Waals surface area contributed by atoms with Gasteiger partial charge in [0.05, 0.1) is 32.9 Å². The Kier molecular flexibility index (Phi) is 7.20. The Morgan fingerprint density at radius 2 is 0.611 bits per heavy atom. The van der Waals surface area contributed by atoms with E-state index in [0.717, 1.165) is 76.5 Å². The molecule has 7 aromatic carbocycles. The van der Waals surface area contributed by atoms with E-state index in [4.69, 9.17) is 0 Å². The fourth-order valence-corrected chi connectivity index (χ4v) is 8.41. The van der Waals surface area contributed by atoms with Crippen LogP contribution in [0.2, 0.25) is 0 Å². The Bertz CT molecular complexity index is 3000. The normalized spacial score (nSPS) is 11.8. The highest BCUT2D eigenvalue weighted by Gasteiger charge is 2.20. The Morgan fingerprint density at radius 3 is 0.833 bits per heavy atom. The summed E-state index contributed by atoms with van der Waals surface area (Å²) in [5.74, 6) is 0. The van der Waals surface area contributed by atoms with Crippen molar-refractivity contribution >= 4 is 76.8 Å². The van der Waals surface area contributed by atoms with Gasteiger partial charge in [0.25, 0.3) is 22.2 Å². The average Bonchev–Trinajstić information content (AvgIpc) is 3.52. The summed E-state index contributed by atoms with van der Waals surface area (Å²) < 4.78 is 2.60. The SMILES string of the molecule is C=Cc1cc(C)c(-n2c(=O)c3cc4cc5ccc6cc7cc8c(=O)n(-c9c(C)cc(C=C)cc9C)c(=O)c8cc7cc6ccc5cc4cc3c2=O)c(C)c1. The molecule has 2 heterocycles. The lowest BCUT2D eigenvalue weighted by Gasteiger charge is -2.11. The van der Waals surface area contributed by atoms with Crippen molar-refractivity contribution in [3.8, 4) is 11.4 Å². The predicted octanol–water partition coefficient (Wildman–Crippen LogP) is 9.59. The van der Waals surface area contributed by atoms with Crippen molar-refractivity contribution in [2.45, 2.75) is 27.7 Å². The highest BCUT2D eigenvalue weighted by atomic mass is 16.2. The molecule has 0 radical (unpaired) electrons. The molecule has 0 aliphatic rings. The fourth-order valence-electron chi connectivity index (χ4n) is 8.41. The predicted molar refractivity (Wildman–Crippen MR) is 226 cm³/mol. The van der Waals surface area contributed by atoms with Gasteiger partial charge in [-0.05, 0) is 177 Å². The van der Waals surface area contributed by atoms with Crippen molar-refractivity contribution < 1.29 is 0 Å². The van der Waals surface area contributed by atoms with Crippen LogP contribution in [0.5, 0.6) is 0 Å². The maximum absolute atomic E-state index is 13.8. The lowest BCUT2D eigenvalue weighted by atomic mass is 9.99. The van der Waals surface area contributed by atoms with Gasteiger partial charge < -0.3 is 0 Å². The van der Waals surface area contributed by atoms with Crippen LogP contribution in [0.3, 0.4) is 0 Å². The monoisotopic (exact) mass is 702 g/mol. The molecule has 9 rings (SSSR count). The summed E-state index contributed by atoms with van der Waals surface area (Å²) in [5, 5.41) is 8.83. The lowest BCUT2D eigenvalue weighted by Crippen LogP contribution is -2.25. The summed E-state index contributed by atoms with van der Waals surface area (Å²) in [5.41, 5.74) is 5.09. The van der Waals surface area contributed by atoms with Crippen LogP contribution in [0, 0.1) is 27.7 Å². The third kappa shape index (κ3) is 4.80. The average molecular weight is 703 g/mol. The van der Waals surface area contributed by atoms with Crippen molar-refractivity contribution in [2.24, 2.45) is 0 Å². The zero-order valence-electron chi connectivity index (χ0n) is 30.3. The van der Waals surface area contributed by atoms with Crippen LogP contribution in [0.25, 0.3) is 88.2 Å². The molecule has 0 fully saturated rings. The minimum atomic E-state index is -0.330. The molecule has 0 unspecified atom stereocenters. The van der Waals surface area contributed by atoms with Gasteiger partial charge in [-0.15, -0.1) is 0 Å². The zero-order chi connectivity index (χ0) is 37.7. The topological polar surface area (TPSA) is 78.1 Å². The van der Waals surface area contributed by atoms with E-state index < -0.39 is 0 Å². The number of nitrogens with zero attached hydrogens (tertiary/aromatic N) is 2. The smallest absolute Gasteiger partial charge is 0.266 e. The first-order valence-corrected chi connectivity index (χ1v) is 17.8. The number of hydrogen-bond donors (Lipinski definition) is 0. The lowest BCUT2D eigenvalue weighted by molar-refractivity contribution is 0.964.